The number of anilines is 2. The highest BCUT2D eigenvalue weighted by Gasteiger charge is 2.64. The average molecular weight is 461 g/mol. The summed E-state index contributed by atoms with van der Waals surface area (Å²) in [6.07, 6.45) is 4.78. The number of aromatic amines is 1. The number of hydrogen-bond acceptors (Lipinski definition) is 8. The third-order valence-corrected chi connectivity index (χ3v) is 8.89. The normalized spacial score (nSPS) is 29.5. The second-order valence-electron chi connectivity index (χ2n) is 9.65. The number of aryl methyl sites for hydroxylation is 1. The number of sulfone groups is 1. The van der Waals surface area contributed by atoms with Gasteiger partial charge in [0.15, 0.2) is 9.84 Å². The molecule has 2 aliphatic heterocycles. The third-order valence-electron chi connectivity index (χ3n) is 7.26. The van der Waals surface area contributed by atoms with Crippen molar-refractivity contribution >= 4 is 21.7 Å². The molecule has 10 heteroatoms. The highest BCUT2D eigenvalue weighted by Crippen LogP contribution is 2.49. The number of nitrogens with one attached hydrogen (secondary N) is 1. The largest absolute Gasteiger partial charge is 0.371 e. The summed E-state index contributed by atoms with van der Waals surface area (Å²) in [7, 11) is -3.11. The number of aromatic nitrogens is 3. The van der Waals surface area contributed by atoms with E-state index in [0.29, 0.717) is 37.5 Å². The number of piperidine rings is 1. The van der Waals surface area contributed by atoms with Crippen LogP contribution in [-0.2, 0) is 21.0 Å². The molecule has 3 heterocycles. The number of nitrogen functional groups attached to an aromatic ring is 1. The van der Waals surface area contributed by atoms with Gasteiger partial charge < -0.3 is 15.4 Å². The van der Waals surface area contributed by atoms with E-state index in [2.05, 4.69) is 56.2 Å². The molecule has 2 aromatic rings. The fraction of sp³-hybridized carbons (Fsp3) is 0.636. The van der Waals surface area contributed by atoms with E-state index < -0.39 is 15.4 Å². The molecule has 1 aromatic carbocycles. The van der Waals surface area contributed by atoms with Crippen LogP contribution < -0.4 is 10.6 Å². The molecule has 1 aromatic heterocycles. The van der Waals surface area contributed by atoms with Gasteiger partial charge in [-0.2, -0.15) is 4.98 Å². The molecule has 0 radical (unpaired) electrons. The minimum Gasteiger partial charge on any atom is -0.371 e. The van der Waals surface area contributed by atoms with Crippen molar-refractivity contribution in [2.75, 3.05) is 43.1 Å². The molecule has 1 aliphatic carbocycles. The predicted molar refractivity (Wildman–Crippen MR) is 123 cm³/mol. The molecule has 174 valence electrons. The number of ether oxygens (including phenoxy) is 1. The number of rotatable bonds is 5. The summed E-state index contributed by atoms with van der Waals surface area (Å²) in [6, 6.07) is 9.27. The van der Waals surface area contributed by atoms with E-state index in [0.717, 1.165) is 32.4 Å². The molecule has 0 bridgehead atoms. The first kappa shape index (κ1) is 21.7. The maximum atomic E-state index is 12.2. The Bertz CT molecular complexity index is 1060. The lowest BCUT2D eigenvalue weighted by atomic mass is 9.95. The van der Waals surface area contributed by atoms with Crippen molar-refractivity contribution in [2.45, 2.75) is 55.5 Å². The summed E-state index contributed by atoms with van der Waals surface area (Å²) in [5.41, 5.74) is 7.69. The summed E-state index contributed by atoms with van der Waals surface area (Å²) in [5.74, 6) is 0.978. The van der Waals surface area contributed by atoms with Gasteiger partial charge in [0.05, 0.1) is 17.5 Å². The van der Waals surface area contributed by atoms with Gasteiger partial charge in [-0.05, 0) is 38.2 Å². The smallest absolute Gasteiger partial charge is 0.246 e. The second-order valence-corrected chi connectivity index (χ2v) is 11.9. The topological polar surface area (TPSA) is 117 Å². The van der Waals surface area contributed by atoms with Crippen molar-refractivity contribution in [2.24, 2.45) is 0 Å². The van der Waals surface area contributed by atoms with Crippen LogP contribution in [-0.4, -0.2) is 83.9 Å². The number of H-pyrrole nitrogens is 1. The summed E-state index contributed by atoms with van der Waals surface area (Å²) in [4.78, 5) is 8.95. The Hall–Kier alpha value is -2.17. The first-order valence-corrected chi connectivity index (χ1v) is 13.3. The summed E-state index contributed by atoms with van der Waals surface area (Å²) < 4.78 is 30.7. The Morgan fingerprint density at radius 2 is 1.97 bits per heavy atom. The van der Waals surface area contributed by atoms with Crippen LogP contribution in [0.15, 0.2) is 24.3 Å². The van der Waals surface area contributed by atoms with Crippen LogP contribution in [0, 0.1) is 6.92 Å². The molecule has 2 saturated heterocycles. The number of hydrogen-bond donors (Lipinski definition) is 2. The first-order valence-electron chi connectivity index (χ1n) is 11.3. The molecule has 3 N–H and O–H groups in total. The Labute approximate surface area is 189 Å². The van der Waals surface area contributed by atoms with E-state index in [4.69, 9.17) is 10.5 Å². The van der Waals surface area contributed by atoms with Gasteiger partial charge >= 0.3 is 0 Å². The summed E-state index contributed by atoms with van der Waals surface area (Å²) in [5, 5.41) is 6.52. The van der Waals surface area contributed by atoms with Gasteiger partial charge in [-0.15, -0.1) is 5.10 Å². The van der Waals surface area contributed by atoms with E-state index in [1.54, 1.807) is 0 Å². The molecule has 32 heavy (non-hydrogen) atoms. The molecule has 3 atom stereocenters. The van der Waals surface area contributed by atoms with Crippen molar-refractivity contribution in [3.05, 3.63) is 35.4 Å². The molecule has 0 amide bonds. The lowest BCUT2D eigenvalue weighted by molar-refractivity contribution is -0.0957. The molecule has 1 spiro atoms. The maximum absolute atomic E-state index is 12.2. The van der Waals surface area contributed by atoms with E-state index >= 15 is 0 Å². The van der Waals surface area contributed by atoms with Crippen LogP contribution in [0.4, 0.5) is 11.9 Å². The van der Waals surface area contributed by atoms with Crippen molar-refractivity contribution in [3.63, 3.8) is 0 Å². The quantitative estimate of drug-likeness (QED) is 0.683. The van der Waals surface area contributed by atoms with Gasteiger partial charge in [0.2, 0.25) is 11.9 Å². The second kappa shape index (κ2) is 8.00. The highest BCUT2D eigenvalue weighted by molar-refractivity contribution is 7.91. The fourth-order valence-electron chi connectivity index (χ4n) is 5.36. The lowest BCUT2D eigenvalue weighted by Crippen LogP contribution is -2.59. The van der Waals surface area contributed by atoms with E-state index in [1.165, 1.54) is 17.4 Å². The van der Waals surface area contributed by atoms with Crippen LogP contribution in [0.25, 0.3) is 0 Å². The van der Waals surface area contributed by atoms with Gasteiger partial charge in [-0.25, -0.2) is 13.5 Å². The van der Waals surface area contributed by atoms with Crippen molar-refractivity contribution in [1.29, 1.82) is 0 Å². The number of benzene rings is 1. The number of nitrogens with two attached hydrogens (primary N) is 1. The van der Waals surface area contributed by atoms with Crippen LogP contribution >= 0.6 is 0 Å². The van der Waals surface area contributed by atoms with Gasteiger partial charge in [0.25, 0.3) is 0 Å². The molecule has 3 aliphatic rings. The molecule has 5 rings (SSSR count). The zero-order valence-corrected chi connectivity index (χ0v) is 19.5. The van der Waals surface area contributed by atoms with Crippen LogP contribution in [0.1, 0.15) is 30.4 Å². The minimum absolute atomic E-state index is 0.236. The van der Waals surface area contributed by atoms with Crippen LogP contribution in [0.3, 0.4) is 0 Å². The third kappa shape index (κ3) is 4.23. The van der Waals surface area contributed by atoms with Crippen LogP contribution in [0.2, 0.25) is 0 Å². The van der Waals surface area contributed by atoms with E-state index in [1.807, 2.05) is 0 Å². The van der Waals surface area contributed by atoms with Crippen LogP contribution in [0.5, 0.6) is 0 Å². The predicted octanol–water partition coefficient (Wildman–Crippen LogP) is 1.16. The molecule has 2 unspecified atom stereocenters. The van der Waals surface area contributed by atoms with Gasteiger partial charge in [0, 0.05) is 38.0 Å². The molecule has 3 fully saturated rings. The van der Waals surface area contributed by atoms with Gasteiger partial charge in [-0.1, -0.05) is 29.8 Å². The molecular formula is C22H32N6O3S. The Morgan fingerprint density at radius 1 is 1.25 bits per heavy atom. The highest BCUT2D eigenvalue weighted by atomic mass is 32.2. The fourth-order valence-corrected chi connectivity index (χ4v) is 6.87. The zero-order chi connectivity index (χ0) is 22.5. The minimum atomic E-state index is -3.11. The van der Waals surface area contributed by atoms with E-state index in [-0.39, 0.29) is 11.3 Å². The lowest BCUT2D eigenvalue weighted by Gasteiger charge is -2.47. The number of nitrogens with zero attached hydrogens (tertiary/aromatic N) is 4. The first-order chi connectivity index (χ1) is 15.2. The standard InChI is InChI=1S/C22H32N6O3S/c1-15-3-5-16(6-4-15)11-18-13-31-22(12-19(22)32(2,29)30)14-28(18)17-7-9-27(10-8-17)21-24-20(23)25-26-21/h3-6,17-19H,7-14H2,1-2H3,(H3,23,24,25,26)/t18-,19?,22?/m0/s1. The average Bonchev–Trinajstić information content (AvgIpc) is 3.31. The number of morpholine rings is 1. The SMILES string of the molecule is Cc1ccc(C[C@H]2COC3(CC3S(C)(=O)=O)CN2C2CCN(c3n[nH]c(N)n3)CC2)cc1. The monoisotopic (exact) mass is 460 g/mol. The summed E-state index contributed by atoms with van der Waals surface area (Å²) >= 11 is 0. The van der Waals surface area contributed by atoms with E-state index in [9.17, 15) is 8.42 Å². The molecule has 1 saturated carbocycles. The van der Waals surface area contributed by atoms with Gasteiger partial charge in [-0.3, -0.25) is 4.90 Å². The van der Waals surface area contributed by atoms with Crippen molar-refractivity contribution in [1.82, 2.24) is 20.1 Å². The molecule has 9 nitrogen and oxygen atoms in total. The zero-order valence-electron chi connectivity index (χ0n) is 18.7. The maximum Gasteiger partial charge on any atom is 0.246 e. The summed E-state index contributed by atoms with van der Waals surface area (Å²) in [6.45, 7) is 5.03. The van der Waals surface area contributed by atoms with Crippen molar-refractivity contribution < 1.29 is 13.2 Å². The Morgan fingerprint density at radius 3 is 2.56 bits per heavy atom. The Balaban J connectivity index is 1.32. The van der Waals surface area contributed by atoms with Gasteiger partial charge in [0.1, 0.15) is 0 Å². The van der Waals surface area contributed by atoms with Crippen molar-refractivity contribution in [3.8, 4) is 0 Å². The molecular weight excluding hydrogens is 428 g/mol. The Kier molecular flexibility index (Phi) is 5.42.